The molecule has 0 spiro atoms. The number of alkyl halides is 1. The van der Waals surface area contributed by atoms with Gasteiger partial charge >= 0.3 is 0 Å². The molecule has 1 aromatic carbocycles. The van der Waals surface area contributed by atoms with E-state index in [1.807, 2.05) is 12.1 Å². The lowest BCUT2D eigenvalue weighted by atomic mass is 10.2. The van der Waals surface area contributed by atoms with Gasteiger partial charge in [-0.2, -0.15) is 5.10 Å². The maximum atomic E-state index is 12.6. The third-order valence-corrected chi connectivity index (χ3v) is 5.41. The predicted molar refractivity (Wildman–Crippen MR) is 116 cm³/mol. The van der Waals surface area contributed by atoms with E-state index in [9.17, 15) is 4.39 Å². The molecule has 0 atom stereocenters. The van der Waals surface area contributed by atoms with E-state index in [0.29, 0.717) is 27.5 Å². The Bertz CT molecular complexity index is 1050. The SMILES string of the molecule is C=C(CCF)n1ncc(Nc2ncc3cc(Cl)c(N4CCNCC4)cc3n2)c1Cl. The van der Waals surface area contributed by atoms with E-state index in [4.69, 9.17) is 23.2 Å². The van der Waals surface area contributed by atoms with Crippen LogP contribution in [0, 0.1) is 0 Å². The fourth-order valence-electron chi connectivity index (χ4n) is 3.22. The molecule has 152 valence electrons. The van der Waals surface area contributed by atoms with Crippen LogP contribution < -0.4 is 15.5 Å². The number of anilines is 3. The summed E-state index contributed by atoms with van der Waals surface area (Å²) in [5, 5.41) is 12.4. The second-order valence-corrected chi connectivity index (χ2v) is 7.45. The highest BCUT2D eigenvalue weighted by atomic mass is 35.5. The van der Waals surface area contributed by atoms with E-state index in [1.165, 1.54) is 10.9 Å². The molecular formula is C19H20Cl2FN7. The number of aromatic nitrogens is 4. The molecule has 1 aliphatic heterocycles. The minimum atomic E-state index is -0.524. The van der Waals surface area contributed by atoms with Crippen molar-refractivity contribution >= 4 is 57.1 Å². The minimum absolute atomic E-state index is 0.156. The number of benzene rings is 1. The van der Waals surface area contributed by atoms with Crippen LogP contribution in [0.5, 0.6) is 0 Å². The zero-order valence-electron chi connectivity index (χ0n) is 15.6. The summed E-state index contributed by atoms with van der Waals surface area (Å²) in [6, 6.07) is 3.86. The topological polar surface area (TPSA) is 70.9 Å². The van der Waals surface area contributed by atoms with Crippen molar-refractivity contribution in [3.8, 4) is 0 Å². The van der Waals surface area contributed by atoms with Crippen LogP contribution in [0.3, 0.4) is 0 Å². The normalized spacial score (nSPS) is 14.4. The number of piperazine rings is 1. The van der Waals surface area contributed by atoms with Gasteiger partial charge < -0.3 is 15.5 Å². The van der Waals surface area contributed by atoms with Crippen LogP contribution in [0.25, 0.3) is 16.6 Å². The summed E-state index contributed by atoms with van der Waals surface area (Å²) >= 11 is 12.8. The largest absolute Gasteiger partial charge is 0.368 e. The van der Waals surface area contributed by atoms with Gasteiger partial charge in [0.2, 0.25) is 5.95 Å². The van der Waals surface area contributed by atoms with E-state index < -0.39 is 6.67 Å². The minimum Gasteiger partial charge on any atom is -0.368 e. The van der Waals surface area contributed by atoms with Crippen molar-refractivity contribution in [3.05, 3.63) is 41.3 Å². The second-order valence-electron chi connectivity index (χ2n) is 6.68. The van der Waals surface area contributed by atoms with Crippen LogP contribution in [0.2, 0.25) is 10.2 Å². The Kier molecular flexibility index (Phi) is 5.84. The predicted octanol–water partition coefficient (Wildman–Crippen LogP) is 4.12. The second kappa shape index (κ2) is 8.52. The molecule has 0 radical (unpaired) electrons. The van der Waals surface area contributed by atoms with E-state index in [0.717, 1.165) is 42.8 Å². The standard InChI is InChI=1S/C19H20Cl2FN7/c1-12(2-3-22)29-18(21)16(11-25-29)27-19-24-10-13-8-14(20)17(9-15(13)26-19)28-6-4-23-5-7-28/h8-11,23H,1-7H2,(H,24,26,27). The number of nitrogens with zero attached hydrogens (tertiary/aromatic N) is 5. The maximum absolute atomic E-state index is 12.6. The zero-order chi connectivity index (χ0) is 20.4. The highest BCUT2D eigenvalue weighted by molar-refractivity contribution is 6.34. The highest BCUT2D eigenvalue weighted by Gasteiger charge is 2.16. The Labute approximate surface area is 177 Å². The molecule has 1 aliphatic rings. The van der Waals surface area contributed by atoms with E-state index in [1.54, 1.807) is 6.20 Å². The smallest absolute Gasteiger partial charge is 0.227 e. The van der Waals surface area contributed by atoms with Crippen molar-refractivity contribution in [1.29, 1.82) is 0 Å². The van der Waals surface area contributed by atoms with Gasteiger partial charge in [-0.3, -0.25) is 4.39 Å². The summed E-state index contributed by atoms with van der Waals surface area (Å²) in [6.45, 7) is 6.88. The number of allylic oxidation sites excluding steroid dienone is 1. The number of fused-ring (bicyclic) bond motifs is 1. The van der Waals surface area contributed by atoms with Crippen molar-refractivity contribution in [2.75, 3.05) is 43.1 Å². The van der Waals surface area contributed by atoms with Gasteiger partial charge in [0, 0.05) is 49.9 Å². The van der Waals surface area contributed by atoms with Crippen LogP contribution in [0.4, 0.5) is 21.7 Å². The molecule has 1 saturated heterocycles. The summed E-state index contributed by atoms with van der Waals surface area (Å²) in [4.78, 5) is 11.2. The quantitative estimate of drug-likeness (QED) is 0.606. The molecule has 3 heterocycles. The number of hydrogen-bond donors (Lipinski definition) is 2. The summed E-state index contributed by atoms with van der Waals surface area (Å²) in [5.41, 5.74) is 2.71. The Morgan fingerprint density at radius 2 is 2.03 bits per heavy atom. The van der Waals surface area contributed by atoms with Gasteiger partial charge in [0.1, 0.15) is 0 Å². The summed E-state index contributed by atoms with van der Waals surface area (Å²) in [7, 11) is 0. The molecular weight excluding hydrogens is 416 g/mol. The lowest BCUT2D eigenvalue weighted by molar-refractivity contribution is 0.499. The Balaban J connectivity index is 1.62. The van der Waals surface area contributed by atoms with Crippen LogP contribution >= 0.6 is 23.2 Å². The zero-order valence-corrected chi connectivity index (χ0v) is 17.1. The van der Waals surface area contributed by atoms with Crippen LogP contribution in [-0.2, 0) is 0 Å². The summed E-state index contributed by atoms with van der Waals surface area (Å²) in [6.07, 6.45) is 3.40. The monoisotopic (exact) mass is 435 g/mol. The first-order valence-electron chi connectivity index (χ1n) is 9.23. The first-order chi connectivity index (χ1) is 14.1. The molecule has 29 heavy (non-hydrogen) atoms. The molecule has 2 aromatic heterocycles. The molecule has 0 saturated carbocycles. The molecule has 1 fully saturated rings. The number of rotatable bonds is 6. The summed E-state index contributed by atoms with van der Waals surface area (Å²) in [5.74, 6) is 0.378. The van der Waals surface area contributed by atoms with E-state index in [-0.39, 0.29) is 6.42 Å². The van der Waals surface area contributed by atoms with Gasteiger partial charge in [0.05, 0.1) is 34.8 Å². The van der Waals surface area contributed by atoms with Crippen molar-refractivity contribution < 1.29 is 4.39 Å². The average Bonchev–Trinajstić information content (AvgIpc) is 3.09. The molecule has 0 aliphatic carbocycles. The van der Waals surface area contributed by atoms with Gasteiger partial charge in [-0.25, -0.2) is 14.6 Å². The van der Waals surface area contributed by atoms with Gasteiger partial charge in [0.15, 0.2) is 5.15 Å². The molecule has 0 amide bonds. The van der Waals surface area contributed by atoms with Crippen LogP contribution in [0.1, 0.15) is 6.42 Å². The van der Waals surface area contributed by atoms with Gasteiger partial charge in [-0.15, -0.1) is 0 Å². The molecule has 4 rings (SSSR count). The summed E-state index contributed by atoms with van der Waals surface area (Å²) < 4.78 is 14.0. The molecule has 7 nitrogen and oxygen atoms in total. The maximum Gasteiger partial charge on any atom is 0.227 e. The van der Waals surface area contributed by atoms with Crippen molar-refractivity contribution in [2.45, 2.75) is 6.42 Å². The van der Waals surface area contributed by atoms with Crippen LogP contribution in [0.15, 0.2) is 31.1 Å². The third-order valence-electron chi connectivity index (χ3n) is 4.75. The average molecular weight is 436 g/mol. The number of halogens is 3. The van der Waals surface area contributed by atoms with Gasteiger partial charge in [0.25, 0.3) is 0 Å². The van der Waals surface area contributed by atoms with E-state index >= 15 is 0 Å². The molecule has 2 N–H and O–H groups in total. The Morgan fingerprint density at radius 1 is 1.24 bits per heavy atom. The lowest BCUT2D eigenvalue weighted by Crippen LogP contribution is -2.43. The molecule has 10 heteroatoms. The van der Waals surface area contributed by atoms with E-state index in [2.05, 4.69) is 37.2 Å². The number of nitrogens with one attached hydrogen (secondary N) is 2. The van der Waals surface area contributed by atoms with Gasteiger partial charge in [-0.05, 0) is 12.1 Å². The highest BCUT2D eigenvalue weighted by Crippen LogP contribution is 2.32. The Morgan fingerprint density at radius 3 is 2.79 bits per heavy atom. The number of hydrogen-bond acceptors (Lipinski definition) is 6. The molecule has 3 aromatic rings. The van der Waals surface area contributed by atoms with Crippen molar-refractivity contribution in [3.63, 3.8) is 0 Å². The fourth-order valence-corrected chi connectivity index (χ4v) is 3.77. The Hall–Kier alpha value is -2.42. The van der Waals surface area contributed by atoms with Gasteiger partial charge in [-0.1, -0.05) is 29.8 Å². The first kappa shape index (κ1) is 19.9. The molecule has 0 bridgehead atoms. The third kappa shape index (κ3) is 4.14. The van der Waals surface area contributed by atoms with Crippen molar-refractivity contribution in [2.24, 2.45) is 0 Å². The van der Waals surface area contributed by atoms with Crippen molar-refractivity contribution in [1.82, 2.24) is 25.1 Å². The first-order valence-corrected chi connectivity index (χ1v) is 9.99. The molecule has 0 unspecified atom stereocenters. The lowest BCUT2D eigenvalue weighted by Gasteiger charge is -2.30. The fraction of sp³-hybridized carbons (Fsp3) is 0.316. The van der Waals surface area contributed by atoms with Crippen LogP contribution in [-0.4, -0.2) is 52.6 Å².